The maximum absolute atomic E-state index is 13.9. The summed E-state index contributed by atoms with van der Waals surface area (Å²) in [5, 5.41) is 12.5. The van der Waals surface area contributed by atoms with Gasteiger partial charge in [0.05, 0.1) is 34.7 Å². The van der Waals surface area contributed by atoms with E-state index in [1.54, 1.807) is 46.3 Å². The number of carbonyl (C=O) groups is 3. The van der Waals surface area contributed by atoms with Crippen molar-refractivity contribution in [3.63, 3.8) is 0 Å². The molecule has 4 amide bonds. The fraction of sp³-hybridized carbons (Fsp3) is 0.306. The second kappa shape index (κ2) is 17.3. The third-order valence-corrected chi connectivity index (χ3v) is 13.1. The van der Waals surface area contributed by atoms with E-state index in [0.717, 1.165) is 94.9 Å². The van der Waals surface area contributed by atoms with Gasteiger partial charge in [-0.05, 0) is 89.5 Å². The van der Waals surface area contributed by atoms with Crippen molar-refractivity contribution >= 4 is 45.9 Å². The number of piperidine rings is 1. The SMILES string of the molecule is CCc1c(-c2ccc(-n3cnn(C)c3=O)cc2-c2cccc(N3CCN(CCc4cccc5c(C6CCC(=O)NC6=O)nn(C)c45)CC3)c2)ccnc1N1CCN(c2cccnc2)C1=O. The molecule has 1 N–H and O–H groups in total. The summed E-state index contributed by atoms with van der Waals surface area (Å²) in [7, 11) is 3.57. The van der Waals surface area contributed by atoms with Crippen molar-refractivity contribution in [1.82, 2.24) is 44.3 Å². The van der Waals surface area contributed by atoms with Crippen molar-refractivity contribution in [1.29, 1.82) is 0 Å². The average molecular weight is 871 g/mol. The predicted octanol–water partition coefficient (Wildman–Crippen LogP) is 5.48. The molecule has 0 spiro atoms. The highest BCUT2D eigenvalue weighted by atomic mass is 16.2. The van der Waals surface area contributed by atoms with E-state index in [0.29, 0.717) is 43.9 Å². The number of aryl methyl sites for hydroxylation is 2. The molecule has 3 aliphatic rings. The van der Waals surface area contributed by atoms with Crippen LogP contribution in [0.2, 0.25) is 0 Å². The maximum atomic E-state index is 13.9. The summed E-state index contributed by atoms with van der Waals surface area (Å²) in [6, 6.07) is 26.5. The van der Waals surface area contributed by atoms with Crippen LogP contribution >= 0.6 is 0 Å². The summed E-state index contributed by atoms with van der Waals surface area (Å²) >= 11 is 0. The van der Waals surface area contributed by atoms with Gasteiger partial charge in [-0.3, -0.25) is 39.3 Å². The lowest BCUT2D eigenvalue weighted by molar-refractivity contribution is -0.134. The monoisotopic (exact) mass is 870 g/mol. The van der Waals surface area contributed by atoms with Crippen molar-refractivity contribution in [2.45, 2.75) is 38.5 Å². The van der Waals surface area contributed by atoms with Crippen LogP contribution in [-0.4, -0.2) is 103 Å². The van der Waals surface area contributed by atoms with Gasteiger partial charge in [0.1, 0.15) is 12.1 Å². The number of amides is 4. The Morgan fingerprint density at radius 1 is 0.754 bits per heavy atom. The van der Waals surface area contributed by atoms with E-state index in [9.17, 15) is 19.2 Å². The van der Waals surface area contributed by atoms with Crippen LogP contribution in [0.5, 0.6) is 0 Å². The topological polar surface area (TPSA) is 160 Å². The van der Waals surface area contributed by atoms with E-state index in [1.165, 1.54) is 10.2 Å². The number of nitrogens with zero attached hydrogens (tertiary/aromatic N) is 11. The number of pyridine rings is 2. The molecular formula is C49H50N12O4. The van der Waals surface area contributed by atoms with Crippen LogP contribution in [0.15, 0.2) is 109 Å². The number of nitrogens with one attached hydrogen (secondary N) is 1. The van der Waals surface area contributed by atoms with E-state index in [-0.39, 0.29) is 23.5 Å². The number of imide groups is 1. The fourth-order valence-corrected chi connectivity index (χ4v) is 9.76. The van der Waals surface area contributed by atoms with Crippen molar-refractivity contribution in [3.05, 3.63) is 131 Å². The molecule has 10 rings (SSSR count). The van der Waals surface area contributed by atoms with Gasteiger partial charge < -0.3 is 4.90 Å². The Balaban J connectivity index is 0.905. The van der Waals surface area contributed by atoms with Crippen LogP contribution in [0.25, 0.3) is 38.8 Å². The number of para-hydroxylation sites is 1. The highest BCUT2D eigenvalue weighted by Gasteiger charge is 2.34. The average Bonchev–Trinajstić information content (AvgIpc) is 4.01. The zero-order valence-corrected chi connectivity index (χ0v) is 36.7. The van der Waals surface area contributed by atoms with Crippen molar-refractivity contribution in [3.8, 4) is 27.9 Å². The molecule has 16 heteroatoms. The van der Waals surface area contributed by atoms with Crippen molar-refractivity contribution in [2.24, 2.45) is 14.1 Å². The molecule has 1 unspecified atom stereocenters. The molecule has 3 saturated heterocycles. The highest BCUT2D eigenvalue weighted by molar-refractivity contribution is 6.06. The molecule has 16 nitrogen and oxygen atoms in total. The van der Waals surface area contributed by atoms with Crippen LogP contribution in [-0.2, 0) is 36.5 Å². The molecule has 3 fully saturated rings. The second-order valence-corrected chi connectivity index (χ2v) is 16.9. The quantitative estimate of drug-likeness (QED) is 0.165. The molecule has 4 aromatic heterocycles. The predicted molar refractivity (Wildman–Crippen MR) is 249 cm³/mol. The number of carbonyl (C=O) groups excluding carboxylic acids is 3. The zero-order chi connectivity index (χ0) is 44.8. The molecule has 3 aliphatic heterocycles. The highest BCUT2D eigenvalue weighted by Crippen LogP contribution is 2.40. The minimum Gasteiger partial charge on any atom is -0.369 e. The van der Waals surface area contributed by atoms with E-state index in [4.69, 9.17) is 10.1 Å². The number of fused-ring (bicyclic) bond motifs is 1. The van der Waals surface area contributed by atoms with Gasteiger partial charge in [-0.2, -0.15) is 10.2 Å². The first kappa shape index (κ1) is 41.5. The molecule has 3 aromatic carbocycles. The Morgan fingerprint density at radius 3 is 2.34 bits per heavy atom. The van der Waals surface area contributed by atoms with E-state index in [1.807, 2.05) is 48.1 Å². The van der Waals surface area contributed by atoms with Gasteiger partial charge in [0.2, 0.25) is 11.8 Å². The van der Waals surface area contributed by atoms with Crippen molar-refractivity contribution in [2.75, 3.05) is 60.5 Å². The lowest BCUT2D eigenvalue weighted by atomic mass is 9.90. The van der Waals surface area contributed by atoms with Crippen LogP contribution in [0.3, 0.4) is 0 Å². The normalized spacial score (nSPS) is 17.1. The second-order valence-electron chi connectivity index (χ2n) is 16.9. The number of hydrogen-bond acceptors (Lipinski definition) is 10. The molecule has 1 atom stereocenters. The smallest absolute Gasteiger partial charge is 0.350 e. The fourth-order valence-electron chi connectivity index (χ4n) is 9.76. The Labute approximate surface area is 375 Å². The largest absolute Gasteiger partial charge is 0.369 e. The molecule has 330 valence electrons. The van der Waals surface area contributed by atoms with Crippen LogP contribution in [0, 0.1) is 0 Å². The first-order chi connectivity index (χ1) is 31.7. The first-order valence-corrected chi connectivity index (χ1v) is 22.2. The number of aromatic nitrogens is 7. The number of benzene rings is 3. The number of urea groups is 1. The van der Waals surface area contributed by atoms with E-state index in [2.05, 4.69) is 74.6 Å². The van der Waals surface area contributed by atoms with Gasteiger partial charge in [0.25, 0.3) is 0 Å². The Kier molecular flexibility index (Phi) is 11.0. The summed E-state index contributed by atoms with van der Waals surface area (Å²) in [6.07, 6.45) is 8.99. The van der Waals surface area contributed by atoms with Crippen molar-refractivity contribution < 1.29 is 14.4 Å². The molecule has 65 heavy (non-hydrogen) atoms. The van der Waals surface area contributed by atoms with Crippen LogP contribution in [0.1, 0.15) is 42.5 Å². The molecular weight excluding hydrogens is 821 g/mol. The minimum absolute atomic E-state index is 0.136. The van der Waals surface area contributed by atoms with Gasteiger partial charge in [-0.15, -0.1) is 0 Å². The third kappa shape index (κ3) is 7.73. The Bertz CT molecular complexity index is 3020. The molecule has 7 heterocycles. The summed E-state index contributed by atoms with van der Waals surface area (Å²) in [5.74, 6) is -0.298. The van der Waals surface area contributed by atoms with E-state index < -0.39 is 5.92 Å². The number of rotatable bonds is 11. The van der Waals surface area contributed by atoms with Crippen LogP contribution in [0.4, 0.5) is 22.0 Å². The summed E-state index contributed by atoms with van der Waals surface area (Å²) in [5.41, 5.74) is 10.1. The first-order valence-electron chi connectivity index (χ1n) is 22.2. The lowest BCUT2D eigenvalue weighted by Crippen LogP contribution is -2.47. The van der Waals surface area contributed by atoms with Crippen LogP contribution < -0.4 is 25.7 Å². The summed E-state index contributed by atoms with van der Waals surface area (Å²) in [4.78, 5) is 69.1. The van der Waals surface area contributed by atoms with Gasteiger partial charge in [-0.1, -0.05) is 43.3 Å². The molecule has 7 aromatic rings. The number of piperazine rings is 1. The summed E-state index contributed by atoms with van der Waals surface area (Å²) in [6.45, 7) is 7.48. The molecule has 0 saturated carbocycles. The standard InChI is InChI=1S/C49H50N12O4/c1-4-37-39(17-20-51-46(37)60-27-26-59(49(60)65)36-11-7-19-50-30-36)38-14-13-35(61-31-52-56(3)48(61)64)29-42(38)33-9-5-10-34(28-33)58-24-22-57(23-25-58)21-18-32-8-6-12-40-44(54-55(2)45(32)40)41-15-16-43(62)53-47(41)63/h5-14,17,19-20,28-31,41H,4,15-16,18,21-27H2,1-3H3,(H,53,62,63). The molecule has 0 radical (unpaired) electrons. The molecule has 0 bridgehead atoms. The Morgan fingerprint density at radius 2 is 1.57 bits per heavy atom. The lowest BCUT2D eigenvalue weighted by Gasteiger charge is -2.36. The minimum atomic E-state index is -0.436. The summed E-state index contributed by atoms with van der Waals surface area (Å²) < 4.78 is 4.75. The zero-order valence-electron chi connectivity index (χ0n) is 36.7. The molecule has 0 aliphatic carbocycles. The van der Waals surface area contributed by atoms with Gasteiger partial charge >= 0.3 is 11.7 Å². The maximum Gasteiger partial charge on any atom is 0.350 e. The van der Waals surface area contributed by atoms with E-state index >= 15 is 0 Å². The van der Waals surface area contributed by atoms with Gasteiger partial charge in [-0.25, -0.2) is 23.8 Å². The van der Waals surface area contributed by atoms with Gasteiger partial charge in [0.15, 0.2) is 0 Å². The number of hydrogen-bond donors (Lipinski definition) is 1. The third-order valence-electron chi connectivity index (χ3n) is 13.1. The Hall–Kier alpha value is -7.46. The van der Waals surface area contributed by atoms with Gasteiger partial charge in [0, 0.05) is 95.4 Å². The number of anilines is 3.